The van der Waals surface area contributed by atoms with Crippen molar-refractivity contribution in [2.75, 3.05) is 0 Å². The van der Waals surface area contributed by atoms with E-state index in [1.165, 1.54) is 13.8 Å². The van der Waals surface area contributed by atoms with E-state index in [4.69, 9.17) is 28.7 Å². The Labute approximate surface area is 190 Å². The molecule has 0 aromatic carbocycles. The van der Waals surface area contributed by atoms with Crippen molar-refractivity contribution < 1.29 is 24.0 Å². The third kappa shape index (κ3) is 6.43. The van der Waals surface area contributed by atoms with Gasteiger partial charge < -0.3 is 28.7 Å². The van der Waals surface area contributed by atoms with Crippen LogP contribution in [0.5, 0.6) is 0 Å². The van der Waals surface area contributed by atoms with Crippen LogP contribution in [0.1, 0.15) is 80.6 Å². The van der Waals surface area contributed by atoms with Gasteiger partial charge in [-0.3, -0.25) is 24.0 Å². The lowest BCUT2D eigenvalue weighted by molar-refractivity contribution is -0.142. The zero-order valence-electron chi connectivity index (χ0n) is 20.5. The molecule has 0 fully saturated rings. The fourth-order valence-electron chi connectivity index (χ4n) is 4.74. The molecule has 0 radical (unpaired) electrons. The average Bonchev–Trinajstić information content (AvgIpc) is 2.59. The number of amides is 5. The van der Waals surface area contributed by atoms with Gasteiger partial charge in [-0.25, -0.2) is 0 Å². The summed E-state index contributed by atoms with van der Waals surface area (Å²) in [6.45, 7) is 11.1. The minimum atomic E-state index is -1.42. The van der Waals surface area contributed by atoms with E-state index < -0.39 is 56.6 Å². The minimum absolute atomic E-state index is 0.00982. The molecule has 4 unspecified atom stereocenters. The van der Waals surface area contributed by atoms with Crippen molar-refractivity contribution in [3.05, 3.63) is 0 Å². The number of primary amides is 5. The van der Waals surface area contributed by atoms with Crippen LogP contribution in [-0.2, 0) is 24.0 Å². The van der Waals surface area contributed by atoms with Crippen LogP contribution in [0.2, 0.25) is 0 Å². The van der Waals surface area contributed by atoms with Crippen molar-refractivity contribution in [2.45, 2.75) is 80.6 Å². The van der Waals surface area contributed by atoms with Gasteiger partial charge in [0.2, 0.25) is 29.5 Å². The van der Waals surface area contributed by atoms with Crippen LogP contribution in [0.4, 0.5) is 0 Å². The maximum atomic E-state index is 12.6. The molecule has 10 N–H and O–H groups in total. The normalized spacial score (nSPS) is 19.5. The van der Waals surface area contributed by atoms with E-state index in [-0.39, 0.29) is 25.7 Å². The highest BCUT2D eigenvalue weighted by molar-refractivity contribution is 5.88. The third-order valence-corrected chi connectivity index (χ3v) is 7.00. The van der Waals surface area contributed by atoms with Crippen molar-refractivity contribution in [3.63, 3.8) is 0 Å². The molecule has 10 nitrogen and oxygen atoms in total. The largest absolute Gasteiger partial charge is 0.369 e. The van der Waals surface area contributed by atoms with Crippen LogP contribution in [0.25, 0.3) is 0 Å². The molecule has 0 spiro atoms. The van der Waals surface area contributed by atoms with Crippen LogP contribution in [-0.4, -0.2) is 29.5 Å². The molecule has 5 amide bonds. The lowest BCUT2D eigenvalue weighted by Gasteiger charge is -2.44. The second kappa shape index (κ2) is 9.46. The van der Waals surface area contributed by atoms with Gasteiger partial charge in [0.25, 0.3) is 0 Å². The first-order valence-electron chi connectivity index (χ1n) is 10.6. The Balaban J connectivity index is 6.41. The van der Waals surface area contributed by atoms with Gasteiger partial charge in [0.15, 0.2) is 0 Å². The molecular formula is C22H41N5O5. The predicted molar refractivity (Wildman–Crippen MR) is 121 cm³/mol. The average molecular weight is 456 g/mol. The Bertz CT molecular complexity index is 798. The highest BCUT2D eigenvalue weighted by atomic mass is 16.2. The van der Waals surface area contributed by atoms with E-state index in [2.05, 4.69) is 0 Å². The lowest BCUT2D eigenvalue weighted by atomic mass is 9.59. The van der Waals surface area contributed by atoms with Gasteiger partial charge in [-0.05, 0) is 32.1 Å². The van der Waals surface area contributed by atoms with Gasteiger partial charge in [0.1, 0.15) is 0 Å². The summed E-state index contributed by atoms with van der Waals surface area (Å²) >= 11 is 0. The molecule has 0 aromatic heterocycles. The van der Waals surface area contributed by atoms with Crippen LogP contribution < -0.4 is 28.7 Å². The lowest BCUT2D eigenvalue weighted by Crippen LogP contribution is -2.52. The van der Waals surface area contributed by atoms with E-state index in [1.807, 2.05) is 0 Å². The number of carbonyl (C=O) groups excluding carboxylic acids is 5. The summed E-state index contributed by atoms with van der Waals surface area (Å²) < 4.78 is 0. The molecular weight excluding hydrogens is 414 g/mol. The highest BCUT2D eigenvalue weighted by Gasteiger charge is 2.52. The maximum Gasteiger partial charge on any atom is 0.223 e. The highest BCUT2D eigenvalue weighted by Crippen LogP contribution is 2.49. The predicted octanol–water partition coefficient (Wildman–Crippen LogP) is 0.435. The van der Waals surface area contributed by atoms with Crippen molar-refractivity contribution >= 4 is 29.5 Å². The molecule has 0 aliphatic heterocycles. The smallest absolute Gasteiger partial charge is 0.223 e. The Hall–Kier alpha value is -2.65. The van der Waals surface area contributed by atoms with Crippen molar-refractivity contribution in [2.24, 2.45) is 55.7 Å². The van der Waals surface area contributed by atoms with E-state index in [1.54, 1.807) is 34.6 Å². The number of hydrogen-bond donors (Lipinski definition) is 5. The van der Waals surface area contributed by atoms with Crippen LogP contribution in [0.15, 0.2) is 0 Å². The molecule has 0 aromatic rings. The van der Waals surface area contributed by atoms with Crippen molar-refractivity contribution in [1.29, 1.82) is 0 Å². The molecule has 0 bridgehead atoms. The first-order valence-corrected chi connectivity index (χ1v) is 10.6. The zero-order chi connectivity index (χ0) is 25.9. The quantitative estimate of drug-likeness (QED) is 0.251. The Morgan fingerprint density at radius 1 is 0.469 bits per heavy atom. The van der Waals surface area contributed by atoms with E-state index in [9.17, 15) is 24.0 Å². The molecule has 0 saturated heterocycles. The summed E-state index contributed by atoms with van der Waals surface area (Å²) in [7, 11) is 0. The van der Waals surface area contributed by atoms with Crippen LogP contribution >= 0.6 is 0 Å². The van der Waals surface area contributed by atoms with Crippen LogP contribution in [0.3, 0.4) is 0 Å². The van der Waals surface area contributed by atoms with Gasteiger partial charge in [-0.1, -0.05) is 48.5 Å². The summed E-state index contributed by atoms with van der Waals surface area (Å²) in [5.41, 5.74) is 21.9. The molecule has 0 heterocycles. The standard InChI is InChI=1S/C22H41N5O5/c1-8-19(4,14(24)29)10-21(6,16(26)31)12-22(7,17(27)32)11-20(5,15(25)30)9-18(2,3)13(23)28/h8-12H2,1-7H3,(H2,23,28)(H2,24,29)(H2,25,30)(H2,26,31)(H2,27,32). The number of rotatable bonds is 14. The second-order valence-corrected chi connectivity index (χ2v) is 11.0. The minimum Gasteiger partial charge on any atom is -0.369 e. The molecule has 32 heavy (non-hydrogen) atoms. The summed E-state index contributed by atoms with van der Waals surface area (Å²) in [4.78, 5) is 61.5. The van der Waals surface area contributed by atoms with Crippen molar-refractivity contribution in [1.82, 2.24) is 0 Å². The molecule has 0 aliphatic rings. The molecule has 0 rings (SSSR count). The van der Waals surface area contributed by atoms with E-state index in [0.717, 1.165) is 0 Å². The fourth-order valence-corrected chi connectivity index (χ4v) is 4.74. The summed E-state index contributed by atoms with van der Waals surface area (Å²) in [5.74, 6) is -3.47. The van der Waals surface area contributed by atoms with Gasteiger partial charge >= 0.3 is 0 Å². The van der Waals surface area contributed by atoms with Crippen LogP contribution in [0, 0.1) is 27.1 Å². The van der Waals surface area contributed by atoms with E-state index >= 15 is 0 Å². The monoisotopic (exact) mass is 455 g/mol. The van der Waals surface area contributed by atoms with Gasteiger partial charge in [-0.15, -0.1) is 0 Å². The first-order chi connectivity index (χ1) is 14.1. The molecule has 10 heteroatoms. The zero-order valence-corrected chi connectivity index (χ0v) is 20.5. The van der Waals surface area contributed by atoms with Crippen molar-refractivity contribution in [3.8, 4) is 0 Å². The van der Waals surface area contributed by atoms with Gasteiger partial charge in [0.05, 0.1) is 0 Å². The Morgan fingerprint density at radius 2 is 0.719 bits per heavy atom. The molecule has 0 saturated carbocycles. The maximum absolute atomic E-state index is 12.6. The number of nitrogens with two attached hydrogens (primary N) is 5. The van der Waals surface area contributed by atoms with Gasteiger partial charge in [0, 0.05) is 27.1 Å². The van der Waals surface area contributed by atoms with Gasteiger partial charge in [-0.2, -0.15) is 0 Å². The third-order valence-electron chi connectivity index (χ3n) is 7.00. The summed E-state index contributed by atoms with van der Waals surface area (Å²) in [6.07, 6.45) is 0.0141. The fraction of sp³-hybridized carbons (Fsp3) is 0.773. The second-order valence-electron chi connectivity index (χ2n) is 11.0. The first kappa shape index (κ1) is 29.4. The molecule has 184 valence electrons. The number of carbonyl (C=O) groups is 5. The number of hydrogen-bond acceptors (Lipinski definition) is 5. The Kier molecular flexibility index (Phi) is 8.68. The Morgan fingerprint density at radius 3 is 0.938 bits per heavy atom. The summed E-state index contributed by atoms with van der Waals surface area (Å²) in [6, 6.07) is 0. The molecule has 4 atom stereocenters. The summed E-state index contributed by atoms with van der Waals surface area (Å²) in [5, 5.41) is 0. The molecule has 0 aliphatic carbocycles. The van der Waals surface area contributed by atoms with E-state index in [0.29, 0.717) is 6.42 Å². The topological polar surface area (TPSA) is 215 Å². The SMILES string of the molecule is CCC(C)(CC(C)(CC(C)(CC(C)(CC(C)(C)C(N)=O)C(N)=O)C(N)=O)C(N)=O)C(N)=O.